The van der Waals surface area contributed by atoms with Crippen molar-refractivity contribution in [3.8, 4) is 0 Å². The Morgan fingerprint density at radius 2 is 0.738 bits per heavy atom. The topological polar surface area (TPSA) is 63.6 Å². The molecule has 0 unspecified atom stereocenters. The van der Waals surface area contributed by atoms with Crippen LogP contribution in [-0.2, 0) is 14.3 Å². The van der Waals surface area contributed by atoms with Gasteiger partial charge in [0, 0.05) is 6.42 Å². The smallest absolute Gasteiger partial charge is 0.312 e. The largest absolute Gasteiger partial charge is 0.481 e. The fourth-order valence-electron chi connectivity index (χ4n) is 6.49. The van der Waals surface area contributed by atoms with Crippen molar-refractivity contribution in [3.05, 3.63) is 0 Å². The van der Waals surface area contributed by atoms with Gasteiger partial charge in [-0.25, -0.2) is 0 Å². The molecular formula is C38H74O4. The van der Waals surface area contributed by atoms with Gasteiger partial charge in [0.15, 0.2) is 0 Å². The van der Waals surface area contributed by atoms with Crippen molar-refractivity contribution in [2.45, 2.75) is 220 Å². The van der Waals surface area contributed by atoms with E-state index >= 15 is 0 Å². The normalized spacial score (nSPS) is 11.7. The van der Waals surface area contributed by atoms with Crippen molar-refractivity contribution >= 4 is 11.9 Å². The third-order valence-electron chi connectivity index (χ3n) is 9.27. The van der Waals surface area contributed by atoms with Gasteiger partial charge in [0.25, 0.3) is 0 Å². The molecule has 42 heavy (non-hydrogen) atoms. The summed E-state index contributed by atoms with van der Waals surface area (Å²) in [5.74, 6) is -0.561. The van der Waals surface area contributed by atoms with E-state index in [1.165, 1.54) is 161 Å². The average molecular weight is 595 g/mol. The number of aliphatic carboxylic acids is 1. The van der Waals surface area contributed by atoms with E-state index in [2.05, 4.69) is 13.8 Å². The standard InChI is InChI=1S/C38H74O4/c1-4-7-9-11-25-29-33-38(37(41)42-6-3,34-30-26-12-10-8-5-2)35-31-27-23-21-19-17-15-13-14-16-18-20-22-24-28-32-36(39)40/h4-35H2,1-3H3,(H,39,40). The zero-order valence-corrected chi connectivity index (χ0v) is 28.8. The van der Waals surface area contributed by atoms with Crippen molar-refractivity contribution in [1.82, 2.24) is 0 Å². The molecule has 250 valence electrons. The van der Waals surface area contributed by atoms with Crippen molar-refractivity contribution in [2.75, 3.05) is 6.61 Å². The Morgan fingerprint density at radius 3 is 1.02 bits per heavy atom. The summed E-state index contributed by atoms with van der Waals surface area (Å²) < 4.78 is 5.73. The van der Waals surface area contributed by atoms with E-state index in [0.29, 0.717) is 13.0 Å². The van der Waals surface area contributed by atoms with Gasteiger partial charge in [0.05, 0.1) is 12.0 Å². The van der Waals surface area contributed by atoms with Crippen LogP contribution >= 0.6 is 0 Å². The van der Waals surface area contributed by atoms with E-state index < -0.39 is 5.97 Å². The molecule has 0 rings (SSSR count). The van der Waals surface area contributed by atoms with Gasteiger partial charge in [-0.3, -0.25) is 9.59 Å². The molecule has 0 spiro atoms. The number of hydrogen-bond acceptors (Lipinski definition) is 3. The molecule has 0 amide bonds. The summed E-state index contributed by atoms with van der Waals surface area (Å²) in [6, 6.07) is 0. The van der Waals surface area contributed by atoms with Crippen LogP contribution in [0, 0.1) is 5.41 Å². The number of carboxylic acid groups (broad SMARTS) is 1. The number of ether oxygens (including phenoxy) is 1. The molecular weight excluding hydrogens is 520 g/mol. The highest BCUT2D eigenvalue weighted by Crippen LogP contribution is 2.39. The van der Waals surface area contributed by atoms with Crippen molar-refractivity contribution in [2.24, 2.45) is 5.41 Å². The highest BCUT2D eigenvalue weighted by molar-refractivity contribution is 5.76. The number of esters is 1. The summed E-state index contributed by atoms with van der Waals surface area (Å²) in [4.78, 5) is 23.9. The highest BCUT2D eigenvalue weighted by Gasteiger charge is 2.38. The Morgan fingerprint density at radius 1 is 0.452 bits per heavy atom. The van der Waals surface area contributed by atoms with Crippen LogP contribution in [0.1, 0.15) is 220 Å². The Kier molecular flexibility index (Phi) is 30.6. The molecule has 0 bridgehead atoms. The van der Waals surface area contributed by atoms with Crippen LogP contribution in [0.5, 0.6) is 0 Å². The maximum absolute atomic E-state index is 13.4. The number of carboxylic acids is 1. The van der Waals surface area contributed by atoms with Crippen LogP contribution in [0.2, 0.25) is 0 Å². The third kappa shape index (κ3) is 25.4. The lowest BCUT2D eigenvalue weighted by Gasteiger charge is -2.32. The van der Waals surface area contributed by atoms with Crippen LogP contribution in [0.3, 0.4) is 0 Å². The molecule has 0 saturated heterocycles. The summed E-state index contributed by atoms with van der Waals surface area (Å²) in [5.41, 5.74) is -0.246. The maximum atomic E-state index is 13.4. The fraction of sp³-hybridized carbons (Fsp3) is 0.947. The van der Waals surface area contributed by atoms with Gasteiger partial charge < -0.3 is 9.84 Å². The summed E-state index contributed by atoms with van der Waals surface area (Å²) in [6.45, 7) is 7.01. The second kappa shape index (κ2) is 31.4. The zero-order chi connectivity index (χ0) is 31.0. The minimum atomic E-state index is -0.663. The zero-order valence-electron chi connectivity index (χ0n) is 28.8. The molecule has 0 aromatic carbocycles. The predicted octanol–water partition coefficient (Wildman–Crippen LogP) is 12.8. The van der Waals surface area contributed by atoms with Crippen molar-refractivity contribution in [3.63, 3.8) is 0 Å². The third-order valence-corrected chi connectivity index (χ3v) is 9.27. The lowest BCUT2D eigenvalue weighted by molar-refractivity contribution is -0.157. The summed E-state index contributed by atoms with van der Waals surface area (Å²) in [6.07, 6.45) is 37.6. The average Bonchev–Trinajstić information content (AvgIpc) is 2.97. The number of carbonyl (C=O) groups is 2. The molecule has 0 aliphatic heterocycles. The molecule has 0 radical (unpaired) electrons. The molecule has 0 saturated carbocycles. The summed E-state index contributed by atoms with van der Waals surface area (Å²) in [7, 11) is 0. The molecule has 0 aliphatic carbocycles. The minimum Gasteiger partial charge on any atom is -0.481 e. The Balaban J connectivity index is 4.26. The van der Waals surface area contributed by atoms with Gasteiger partial charge in [-0.2, -0.15) is 0 Å². The molecule has 0 aromatic heterocycles. The Labute approximate surface area is 262 Å². The second-order valence-electron chi connectivity index (χ2n) is 13.2. The van der Waals surface area contributed by atoms with Crippen LogP contribution in [0.15, 0.2) is 0 Å². The minimum absolute atomic E-state index is 0.102. The summed E-state index contributed by atoms with van der Waals surface area (Å²) in [5, 5.41) is 8.68. The van der Waals surface area contributed by atoms with Gasteiger partial charge in [-0.15, -0.1) is 0 Å². The molecule has 0 atom stereocenters. The van der Waals surface area contributed by atoms with Crippen molar-refractivity contribution < 1.29 is 19.4 Å². The van der Waals surface area contributed by atoms with E-state index in [4.69, 9.17) is 9.84 Å². The first-order valence-electron chi connectivity index (χ1n) is 18.9. The van der Waals surface area contributed by atoms with Crippen molar-refractivity contribution in [1.29, 1.82) is 0 Å². The van der Waals surface area contributed by atoms with Gasteiger partial charge in [-0.1, -0.05) is 181 Å². The maximum Gasteiger partial charge on any atom is 0.312 e. The number of unbranched alkanes of at least 4 members (excludes halogenated alkanes) is 24. The van der Waals surface area contributed by atoms with Gasteiger partial charge in [0.2, 0.25) is 0 Å². The number of rotatable bonds is 34. The highest BCUT2D eigenvalue weighted by atomic mass is 16.5. The van der Waals surface area contributed by atoms with E-state index in [0.717, 1.165) is 32.1 Å². The van der Waals surface area contributed by atoms with Gasteiger partial charge in [-0.05, 0) is 32.6 Å². The quantitative estimate of drug-likeness (QED) is 0.0594. The lowest BCUT2D eigenvalue weighted by Crippen LogP contribution is -2.33. The molecule has 4 nitrogen and oxygen atoms in total. The van der Waals surface area contributed by atoms with E-state index in [-0.39, 0.29) is 11.4 Å². The first-order chi connectivity index (χ1) is 20.5. The van der Waals surface area contributed by atoms with Gasteiger partial charge in [0.1, 0.15) is 0 Å². The molecule has 4 heteroatoms. The monoisotopic (exact) mass is 595 g/mol. The van der Waals surface area contributed by atoms with Crippen LogP contribution in [-0.4, -0.2) is 23.7 Å². The number of carbonyl (C=O) groups excluding carboxylic acids is 1. The molecule has 0 aliphatic rings. The van der Waals surface area contributed by atoms with E-state index in [1.807, 2.05) is 6.92 Å². The number of hydrogen-bond donors (Lipinski definition) is 1. The second-order valence-corrected chi connectivity index (χ2v) is 13.2. The fourth-order valence-corrected chi connectivity index (χ4v) is 6.49. The van der Waals surface area contributed by atoms with E-state index in [1.54, 1.807) is 0 Å². The molecule has 0 fully saturated rings. The van der Waals surface area contributed by atoms with Gasteiger partial charge >= 0.3 is 11.9 Å². The van der Waals surface area contributed by atoms with Crippen LogP contribution < -0.4 is 0 Å². The first-order valence-corrected chi connectivity index (χ1v) is 18.9. The predicted molar refractivity (Wildman–Crippen MR) is 181 cm³/mol. The lowest BCUT2D eigenvalue weighted by atomic mass is 9.74. The first kappa shape index (κ1) is 40.9. The SMILES string of the molecule is CCCCCCCCC(CCCCCCCC)(CCCCCCCCCCCCCCCCCC(=O)O)C(=O)OCC. The Hall–Kier alpha value is -1.06. The molecule has 1 N–H and O–H groups in total. The van der Waals surface area contributed by atoms with Crippen LogP contribution in [0.4, 0.5) is 0 Å². The van der Waals surface area contributed by atoms with Crippen LogP contribution in [0.25, 0.3) is 0 Å². The molecule has 0 heterocycles. The van der Waals surface area contributed by atoms with E-state index in [9.17, 15) is 9.59 Å². The summed E-state index contributed by atoms with van der Waals surface area (Å²) >= 11 is 0. The molecule has 0 aromatic rings. The Bertz CT molecular complexity index is 572.